The van der Waals surface area contributed by atoms with Crippen LogP contribution in [-0.4, -0.2) is 11.2 Å². The molecule has 3 fully saturated rings. The van der Waals surface area contributed by atoms with Crippen LogP contribution >= 0.6 is 0 Å². The second kappa shape index (κ2) is 6.21. The largest absolute Gasteiger partial charge is 0.389 e. The first-order valence-corrected chi connectivity index (χ1v) is 10.5. The minimum absolute atomic E-state index is 0.142. The molecule has 0 bridgehead atoms. The monoisotopic (exact) mass is 316 g/mol. The van der Waals surface area contributed by atoms with Crippen molar-refractivity contribution < 1.29 is 5.11 Å². The number of hydrogen-bond acceptors (Lipinski definition) is 1. The van der Waals surface area contributed by atoms with E-state index in [4.69, 9.17) is 0 Å². The number of fused-ring (bicyclic) bond motifs is 5. The van der Waals surface area contributed by atoms with Crippen LogP contribution in [0, 0.1) is 35.0 Å². The Bertz CT molecular complexity index is 467. The fraction of sp³-hybridized carbons (Fsp3) is 0.909. The number of hydrogen-bond donors (Lipinski definition) is 1. The fourth-order valence-electron chi connectivity index (χ4n) is 7.35. The van der Waals surface area contributed by atoms with Crippen LogP contribution in [0.25, 0.3) is 0 Å². The lowest BCUT2D eigenvalue weighted by Crippen LogP contribution is -2.46. The average Bonchev–Trinajstić information content (AvgIpc) is 2.89. The summed E-state index contributed by atoms with van der Waals surface area (Å²) in [5.74, 6) is 4.80. The van der Waals surface area contributed by atoms with Crippen LogP contribution < -0.4 is 0 Å². The first kappa shape index (κ1) is 16.2. The SMILES string of the molecule is CCCCC1CCC2C3CCC4=CC(O)CCC4C3CCC12C. The molecule has 0 saturated heterocycles. The molecule has 130 valence electrons. The summed E-state index contributed by atoms with van der Waals surface area (Å²) < 4.78 is 0. The van der Waals surface area contributed by atoms with E-state index in [2.05, 4.69) is 19.9 Å². The molecule has 1 nitrogen and oxygen atoms in total. The second-order valence-corrected chi connectivity index (χ2v) is 9.43. The summed E-state index contributed by atoms with van der Waals surface area (Å²) in [4.78, 5) is 0. The van der Waals surface area contributed by atoms with Gasteiger partial charge in [0, 0.05) is 0 Å². The van der Waals surface area contributed by atoms with Gasteiger partial charge in [0.05, 0.1) is 6.10 Å². The maximum atomic E-state index is 9.98. The minimum Gasteiger partial charge on any atom is -0.389 e. The Balaban J connectivity index is 1.53. The van der Waals surface area contributed by atoms with E-state index in [0.29, 0.717) is 5.41 Å². The lowest BCUT2D eigenvalue weighted by Gasteiger charge is -2.54. The molecule has 4 rings (SSSR count). The Labute approximate surface area is 142 Å². The maximum Gasteiger partial charge on any atom is 0.0723 e. The molecule has 23 heavy (non-hydrogen) atoms. The Morgan fingerprint density at radius 2 is 1.96 bits per heavy atom. The smallest absolute Gasteiger partial charge is 0.0723 e. The molecule has 1 heteroatoms. The zero-order valence-corrected chi connectivity index (χ0v) is 15.3. The lowest BCUT2D eigenvalue weighted by atomic mass is 9.51. The van der Waals surface area contributed by atoms with Crippen molar-refractivity contribution in [1.82, 2.24) is 0 Å². The van der Waals surface area contributed by atoms with Crippen LogP contribution in [0.15, 0.2) is 11.6 Å². The van der Waals surface area contributed by atoms with Crippen molar-refractivity contribution in [2.75, 3.05) is 0 Å². The molecule has 7 atom stereocenters. The van der Waals surface area contributed by atoms with Gasteiger partial charge in [-0.05, 0) is 92.8 Å². The highest BCUT2D eigenvalue weighted by Crippen LogP contribution is 2.64. The van der Waals surface area contributed by atoms with E-state index in [9.17, 15) is 5.11 Å². The van der Waals surface area contributed by atoms with Gasteiger partial charge in [0.1, 0.15) is 0 Å². The van der Waals surface area contributed by atoms with E-state index in [1.165, 1.54) is 64.2 Å². The molecule has 0 aromatic heterocycles. The summed E-state index contributed by atoms with van der Waals surface area (Å²) in [5, 5.41) is 9.98. The Kier molecular flexibility index (Phi) is 4.37. The molecule has 7 unspecified atom stereocenters. The third-order valence-electron chi connectivity index (χ3n) is 8.53. The van der Waals surface area contributed by atoms with Gasteiger partial charge in [0.25, 0.3) is 0 Å². The van der Waals surface area contributed by atoms with Crippen molar-refractivity contribution in [2.24, 2.45) is 35.0 Å². The van der Waals surface area contributed by atoms with Crippen LogP contribution in [-0.2, 0) is 0 Å². The van der Waals surface area contributed by atoms with Crippen molar-refractivity contribution in [1.29, 1.82) is 0 Å². The molecule has 0 amide bonds. The molecule has 1 N–H and O–H groups in total. The van der Waals surface area contributed by atoms with Crippen molar-refractivity contribution in [3.05, 3.63) is 11.6 Å². The Hall–Kier alpha value is -0.300. The van der Waals surface area contributed by atoms with Gasteiger partial charge in [-0.3, -0.25) is 0 Å². The quantitative estimate of drug-likeness (QED) is 0.660. The molecule has 4 aliphatic carbocycles. The lowest BCUT2D eigenvalue weighted by molar-refractivity contribution is -0.0261. The number of allylic oxidation sites excluding steroid dienone is 1. The zero-order valence-electron chi connectivity index (χ0n) is 15.3. The standard InChI is InChI=1S/C22H36O/c1-3-4-5-16-7-11-21-20-9-6-15-14-17(23)8-10-18(15)19(20)12-13-22(16,21)2/h14,16-21,23H,3-13H2,1-2H3. The topological polar surface area (TPSA) is 20.2 Å². The van der Waals surface area contributed by atoms with Crippen molar-refractivity contribution in [3.8, 4) is 0 Å². The van der Waals surface area contributed by atoms with Crippen LogP contribution in [0.4, 0.5) is 0 Å². The van der Waals surface area contributed by atoms with Gasteiger partial charge in [-0.25, -0.2) is 0 Å². The van der Waals surface area contributed by atoms with Gasteiger partial charge >= 0.3 is 0 Å². The summed E-state index contributed by atoms with van der Waals surface area (Å²) in [5.41, 5.74) is 2.29. The zero-order chi connectivity index (χ0) is 16.0. The van der Waals surface area contributed by atoms with E-state index in [1.54, 1.807) is 5.57 Å². The van der Waals surface area contributed by atoms with Crippen LogP contribution in [0.1, 0.15) is 84.5 Å². The summed E-state index contributed by atoms with van der Waals surface area (Å²) in [6, 6.07) is 0. The van der Waals surface area contributed by atoms with Crippen molar-refractivity contribution in [3.63, 3.8) is 0 Å². The minimum atomic E-state index is -0.142. The first-order valence-electron chi connectivity index (χ1n) is 10.5. The van der Waals surface area contributed by atoms with E-state index in [0.717, 1.165) is 36.0 Å². The van der Waals surface area contributed by atoms with Gasteiger partial charge in [0.15, 0.2) is 0 Å². The summed E-state index contributed by atoms with van der Waals surface area (Å²) in [7, 11) is 0. The highest BCUT2D eigenvalue weighted by molar-refractivity contribution is 5.20. The van der Waals surface area contributed by atoms with Crippen LogP contribution in [0.3, 0.4) is 0 Å². The average molecular weight is 317 g/mol. The molecular weight excluding hydrogens is 280 g/mol. The Morgan fingerprint density at radius 3 is 2.78 bits per heavy atom. The summed E-state index contributed by atoms with van der Waals surface area (Å²) in [6.45, 7) is 5.01. The molecule has 0 radical (unpaired) electrons. The second-order valence-electron chi connectivity index (χ2n) is 9.43. The molecular formula is C22H36O. The van der Waals surface area contributed by atoms with E-state index in [-0.39, 0.29) is 6.10 Å². The molecule has 0 aromatic carbocycles. The van der Waals surface area contributed by atoms with Crippen LogP contribution in [0.2, 0.25) is 0 Å². The highest BCUT2D eigenvalue weighted by atomic mass is 16.3. The van der Waals surface area contributed by atoms with Crippen LogP contribution in [0.5, 0.6) is 0 Å². The van der Waals surface area contributed by atoms with Gasteiger partial charge < -0.3 is 5.11 Å². The third kappa shape index (κ3) is 2.62. The van der Waals surface area contributed by atoms with Crippen molar-refractivity contribution in [2.45, 2.75) is 90.6 Å². The first-order chi connectivity index (χ1) is 11.1. The normalized spacial score (nSPS) is 49.1. The molecule has 0 aliphatic heterocycles. The predicted molar refractivity (Wildman–Crippen MR) is 96.1 cm³/mol. The summed E-state index contributed by atoms with van der Waals surface area (Å²) in [6.07, 6.45) is 17.3. The molecule has 0 aromatic rings. The number of rotatable bonds is 3. The number of aliphatic hydroxyl groups is 1. The van der Waals surface area contributed by atoms with Gasteiger partial charge in [0.2, 0.25) is 0 Å². The fourth-order valence-corrected chi connectivity index (χ4v) is 7.35. The maximum absolute atomic E-state index is 9.98. The Morgan fingerprint density at radius 1 is 1.09 bits per heavy atom. The molecule has 0 heterocycles. The predicted octanol–water partition coefficient (Wildman–Crippen LogP) is 5.73. The van der Waals surface area contributed by atoms with Gasteiger partial charge in [-0.15, -0.1) is 0 Å². The van der Waals surface area contributed by atoms with Crippen molar-refractivity contribution >= 4 is 0 Å². The van der Waals surface area contributed by atoms with Gasteiger partial charge in [-0.1, -0.05) is 38.3 Å². The van der Waals surface area contributed by atoms with E-state index < -0.39 is 0 Å². The summed E-state index contributed by atoms with van der Waals surface area (Å²) >= 11 is 0. The molecule has 4 aliphatic rings. The number of aliphatic hydroxyl groups excluding tert-OH is 1. The van der Waals surface area contributed by atoms with Gasteiger partial charge in [-0.2, -0.15) is 0 Å². The highest BCUT2D eigenvalue weighted by Gasteiger charge is 2.55. The third-order valence-corrected chi connectivity index (χ3v) is 8.53. The molecule has 0 spiro atoms. The van der Waals surface area contributed by atoms with E-state index >= 15 is 0 Å². The number of unbranched alkanes of at least 4 members (excludes halogenated alkanes) is 1. The molecule has 3 saturated carbocycles. The van der Waals surface area contributed by atoms with E-state index in [1.807, 2.05) is 0 Å².